The topological polar surface area (TPSA) is 55.8 Å². The van der Waals surface area contributed by atoms with Crippen LogP contribution in [0.1, 0.15) is 15.9 Å². The van der Waals surface area contributed by atoms with Crippen molar-refractivity contribution in [3.05, 3.63) is 58.1 Å². The summed E-state index contributed by atoms with van der Waals surface area (Å²) in [6, 6.07) is 12.2. The van der Waals surface area contributed by atoms with Gasteiger partial charge in [0.1, 0.15) is 18.1 Å². The zero-order valence-corrected chi connectivity index (χ0v) is 12.4. The number of fused-ring (bicyclic) bond motifs is 2. The standard InChI is InChI=1S/C8H8O3.C7H5BrO/c1-11-7-4-2-6(3-5-7)8(9)10;8-7-2-1-6-3-5(7)4-9-6/h2-5H,1H3,(H,9,10);1-3H,4H2. The van der Waals surface area contributed by atoms with Crippen LogP contribution in [0.4, 0.5) is 0 Å². The highest BCUT2D eigenvalue weighted by atomic mass is 79.9. The van der Waals surface area contributed by atoms with Gasteiger partial charge in [0, 0.05) is 10.0 Å². The fraction of sp³-hybridized carbons (Fsp3) is 0.133. The van der Waals surface area contributed by atoms with E-state index >= 15 is 0 Å². The predicted molar refractivity (Wildman–Crippen MR) is 78.4 cm³/mol. The number of carbonyl (C=O) groups is 1. The Morgan fingerprint density at radius 2 is 1.95 bits per heavy atom. The summed E-state index contributed by atoms with van der Waals surface area (Å²) in [5.74, 6) is 0.718. The van der Waals surface area contributed by atoms with E-state index in [1.165, 1.54) is 24.8 Å². The van der Waals surface area contributed by atoms with Gasteiger partial charge in [0.15, 0.2) is 0 Å². The van der Waals surface area contributed by atoms with Crippen LogP contribution in [0.25, 0.3) is 0 Å². The Morgan fingerprint density at radius 1 is 1.25 bits per heavy atom. The number of ether oxygens (including phenoxy) is 2. The molecule has 0 atom stereocenters. The van der Waals surface area contributed by atoms with Crippen LogP contribution in [-0.2, 0) is 6.61 Å². The number of carboxylic acid groups (broad SMARTS) is 1. The van der Waals surface area contributed by atoms with E-state index in [-0.39, 0.29) is 5.56 Å². The molecule has 0 amide bonds. The second kappa shape index (κ2) is 6.43. The molecule has 5 heteroatoms. The van der Waals surface area contributed by atoms with E-state index in [1.807, 2.05) is 18.2 Å². The number of methoxy groups -OCH3 is 1. The van der Waals surface area contributed by atoms with Crippen LogP contribution in [0.15, 0.2) is 46.9 Å². The summed E-state index contributed by atoms with van der Waals surface area (Å²) >= 11 is 3.41. The highest BCUT2D eigenvalue weighted by Crippen LogP contribution is 2.28. The van der Waals surface area contributed by atoms with Gasteiger partial charge in [0.05, 0.1) is 12.7 Å². The Balaban J connectivity index is 0.000000149. The van der Waals surface area contributed by atoms with Crippen molar-refractivity contribution in [2.75, 3.05) is 7.11 Å². The molecule has 20 heavy (non-hydrogen) atoms. The first-order valence-corrected chi connectivity index (χ1v) is 6.68. The Bertz CT molecular complexity index is 608. The Labute approximate surface area is 125 Å². The molecule has 1 heterocycles. The lowest BCUT2D eigenvalue weighted by Gasteiger charge is -1.98. The monoisotopic (exact) mass is 336 g/mol. The maximum absolute atomic E-state index is 10.4. The zero-order chi connectivity index (χ0) is 14.5. The van der Waals surface area contributed by atoms with E-state index < -0.39 is 5.97 Å². The first-order chi connectivity index (χ1) is 9.60. The molecule has 2 aromatic carbocycles. The van der Waals surface area contributed by atoms with E-state index in [1.54, 1.807) is 12.1 Å². The quantitative estimate of drug-likeness (QED) is 0.907. The number of hydrogen-bond acceptors (Lipinski definition) is 3. The van der Waals surface area contributed by atoms with E-state index in [4.69, 9.17) is 14.6 Å². The summed E-state index contributed by atoms with van der Waals surface area (Å²) in [5, 5.41) is 8.51. The number of halogens is 1. The number of benzene rings is 2. The molecule has 0 unspecified atom stereocenters. The SMILES string of the molecule is Brc1ccc2cc1CO2.COc1ccc(C(=O)O)cc1. The van der Waals surface area contributed by atoms with Gasteiger partial charge in [0.25, 0.3) is 0 Å². The zero-order valence-electron chi connectivity index (χ0n) is 10.8. The van der Waals surface area contributed by atoms with Gasteiger partial charge in [-0.25, -0.2) is 4.79 Å². The van der Waals surface area contributed by atoms with Crippen molar-refractivity contribution in [3.63, 3.8) is 0 Å². The summed E-state index contributed by atoms with van der Waals surface area (Å²) < 4.78 is 11.2. The minimum absolute atomic E-state index is 0.269. The van der Waals surface area contributed by atoms with Crippen molar-refractivity contribution in [3.8, 4) is 11.5 Å². The lowest BCUT2D eigenvalue weighted by atomic mass is 10.2. The maximum atomic E-state index is 10.4. The molecule has 2 bridgehead atoms. The number of hydrogen-bond donors (Lipinski definition) is 1. The molecule has 104 valence electrons. The third kappa shape index (κ3) is 3.51. The Kier molecular flexibility index (Phi) is 4.63. The normalized spacial score (nSPS) is 11.1. The third-order valence-electron chi connectivity index (χ3n) is 2.75. The molecule has 1 aliphatic rings. The van der Waals surface area contributed by atoms with Crippen LogP contribution in [0.2, 0.25) is 0 Å². The van der Waals surface area contributed by atoms with Gasteiger partial charge in [0.2, 0.25) is 0 Å². The van der Waals surface area contributed by atoms with Gasteiger partial charge in [-0.1, -0.05) is 15.9 Å². The molecule has 0 radical (unpaired) electrons. The van der Waals surface area contributed by atoms with Crippen LogP contribution < -0.4 is 9.47 Å². The highest BCUT2D eigenvalue weighted by Gasteiger charge is 2.09. The third-order valence-corrected chi connectivity index (χ3v) is 3.52. The molecule has 0 aromatic heterocycles. The molecular weight excluding hydrogens is 324 g/mol. The summed E-state index contributed by atoms with van der Waals surface area (Å²) in [7, 11) is 1.54. The molecule has 0 spiro atoms. The molecule has 0 saturated heterocycles. The van der Waals surface area contributed by atoms with Crippen LogP contribution in [0, 0.1) is 0 Å². The van der Waals surface area contributed by atoms with Crippen molar-refractivity contribution in [1.29, 1.82) is 0 Å². The van der Waals surface area contributed by atoms with Gasteiger partial charge in [-0.15, -0.1) is 0 Å². The summed E-state index contributed by atoms with van der Waals surface area (Å²) in [4.78, 5) is 10.4. The minimum atomic E-state index is -0.923. The van der Waals surface area contributed by atoms with Gasteiger partial charge >= 0.3 is 5.97 Å². The van der Waals surface area contributed by atoms with Gasteiger partial charge < -0.3 is 14.6 Å². The van der Waals surface area contributed by atoms with E-state index in [0.717, 1.165) is 16.8 Å². The number of rotatable bonds is 2. The maximum Gasteiger partial charge on any atom is 0.335 e. The largest absolute Gasteiger partial charge is 0.497 e. The minimum Gasteiger partial charge on any atom is -0.497 e. The van der Waals surface area contributed by atoms with Crippen LogP contribution in [-0.4, -0.2) is 18.2 Å². The number of aromatic carboxylic acids is 1. The fourth-order valence-electron chi connectivity index (χ4n) is 1.65. The van der Waals surface area contributed by atoms with Gasteiger partial charge in [-0.3, -0.25) is 0 Å². The lowest BCUT2D eigenvalue weighted by Crippen LogP contribution is -1.95. The first kappa shape index (κ1) is 14.4. The number of carboxylic acids is 1. The van der Waals surface area contributed by atoms with Crippen LogP contribution >= 0.6 is 15.9 Å². The summed E-state index contributed by atoms with van der Waals surface area (Å²) in [6.45, 7) is 0.725. The summed E-state index contributed by atoms with van der Waals surface area (Å²) in [6.07, 6.45) is 0. The second-order valence-electron chi connectivity index (χ2n) is 4.08. The molecule has 1 N–H and O–H groups in total. The van der Waals surface area contributed by atoms with Gasteiger partial charge in [-0.2, -0.15) is 0 Å². The van der Waals surface area contributed by atoms with Crippen molar-refractivity contribution in [1.82, 2.24) is 0 Å². The molecule has 2 aromatic rings. The van der Waals surface area contributed by atoms with Crippen LogP contribution in [0.5, 0.6) is 11.5 Å². The Hall–Kier alpha value is -2.01. The van der Waals surface area contributed by atoms with E-state index in [9.17, 15) is 4.79 Å². The van der Waals surface area contributed by atoms with E-state index in [2.05, 4.69) is 15.9 Å². The molecule has 1 aliphatic heterocycles. The average Bonchev–Trinajstić information content (AvgIpc) is 2.87. The average molecular weight is 337 g/mol. The molecule has 0 aliphatic carbocycles. The van der Waals surface area contributed by atoms with Crippen molar-refractivity contribution in [2.45, 2.75) is 6.61 Å². The van der Waals surface area contributed by atoms with Crippen molar-refractivity contribution >= 4 is 21.9 Å². The van der Waals surface area contributed by atoms with Crippen LogP contribution in [0.3, 0.4) is 0 Å². The smallest absolute Gasteiger partial charge is 0.335 e. The second-order valence-corrected chi connectivity index (χ2v) is 4.93. The van der Waals surface area contributed by atoms with Crippen molar-refractivity contribution in [2.24, 2.45) is 0 Å². The fourth-order valence-corrected chi connectivity index (χ4v) is 2.01. The lowest BCUT2D eigenvalue weighted by molar-refractivity contribution is 0.0697. The summed E-state index contributed by atoms with van der Waals surface area (Å²) in [5.41, 5.74) is 1.51. The molecule has 0 fully saturated rings. The van der Waals surface area contributed by atoms with E-state index in [0.29, 0.717) is 5.75 Å². The molecular formula is C15H13BrO4. The molecule has 4 nitrogen and oxygen atoms in total. The molecule has 0 saturated carbocycles. The Morgan fingerprint density at radius 3 is 2.50 bits per heavy atom. The highest BCUT2D eigenvalue weighted by molar-refractivity contribution is 9.10. The first-order valence-electron chi connectivity index (χ1n) is 5.88. The van der Waals surface area contributed by atoms with Gasteiger partial charge in [-0.05, 0) is 42.5 Å². The van der Waals surface area contributed by atoms with Crippen molar-refractivity contribution < 1.29 is 19.4 Å². The molecule has 3 rings (SSSR count). The predicted octanol–water partition coefficient (Wildman–Crippen LogP) is 3.73.